The summed E-state index contributed by atoms with van der Waals surface area (Å²) in [5.41, 5.74) is 2.96. The van der Waals surface area contributed by atoms with Gasteiger partial charge < -0.3 is 14.6 Å². The van der Waals surface area contributed by atoms with Gasteiger partial charge in [-0.3, -0.25) is 9.59 Å². The summed E-state index contributed by atoms with van der Waals surface area (Å²) in [6, 6.07) is 17.0. The number of nitrogens with zero attached hydrogens (tertiary/aromatic N) is 1. The molecule has 0 radical (unpaired) electrons. The Hall–Kier alpha value is -2.92. The van der Waals surface area contributed by atoms with Gasteiger partial charge in [0, 0.05) is 23.9 Å². The van der Waals surface area contributed by atoms with Crippen LogP contribution in [0.4, 0.5) is 5.69 Å². The highest BCUT2D eigenvalue weighted by atomic mass is 16.5. The molecule has 0 fully saturated rings. The molecule has 0 saturated carbocycles. The number of hydrogen-bond acceptors (Lipinski definition) is 3. The zero-order valence-electron chi connectivity index (χ0n) is 14.3. The first-order valence-electron chi connectivity index (χ1n) is 8.05. The molecule has 0 aliphatic rings. The van der Waals surface area contributed by atoms with E-state index >= 15 is 0 Å². The minimum absolute atomic E-state index is 0.0423. The summed E-state index contributed by atoms with van der Waals surface area (Å²) in [5.74, 6) is -0.195. The maximum Gasteiger partial charge on any atom is 0.253 e. The Labute approximate surface area is 145 Å². The first kappa shape index (κ1) is 16.9. The van der Waals surface area contributed by atoms with Gasteiger partial charge in [0.1, 0.15) is 6.61 Å². The number of hydrogen-bond donors (Lipinski definition) is 1. The summed E-state index contributed by atoms with van der Waals surface area (Å²) in [5, 5.41) is 0.931. The van der Waals surface area contributed by atoms with Gasteiger partial charge >= 0.3 is 0 Å². The average molecular weight is 336 g/mol. The number of carbonyl (C=O) groups excluding carboxylic acids is 1. The minimum Gasteiger partial charge on any atom is -0.375 e. The summed E-state index contributed by atoms with van der Waals surface area (Å²) < 4.78 is 4.99. The van der Waals surface area contributed by atoms with Crippen molar-refractivity contribution in [3.05, 3.63) is 76.1 Å². The number of methoxy groups -OCH3 is 1. The lowest BCUT2D eigenvalue weighted by Gasteiger charge is -2.22. The maximum atomic E-state index is 12.5. The summed E-state index contributed by atoms with van der Waals surface area (Å²) in [7, 11) is 1.48. The van der Waals surface area contributed by atoms with Gasteiger partial charge in [0.05, 0.1) is 6.54 Å². The average Bonchev–Trinajstić information content (AvgIpc) is 2.61. The number of benzene rings is 2. The van der Waals surface area contributed by atoms with Crippen molar-refractivity contribution in [1.29, 1.82) is 0 Å². The fourth-order valence-corrected chi connectivity index (χ4v) is 2.73. The van der Waals surface area contributed by atoms with E-state index in [-0.39, 0.29) is 24.6 Å². The van der Waals surface area contributed by atoms with Crippen LogP contribution in [0.1, 0.15) is 11.1 Å². The number of rotatable bonds is 5. The van der Waals surface area contributed by atoms with E-state index in [0.29, 0.717) is 5.56 Å². The van der Waals surface area contributed by atoms with Crippen LogP contribution in [0, 0.1) is 6.92 Å². The van der Waals surface area contributed by atoms with Crippen LogP contribution in [0.2, 0.25) is 0 Å². The van der Waals surface area contributed by atoms with Crippen LogP contribution < -0.4 is 10.5 Å². The van der Waals surface area contributed by atoms with E-state index in [4.69, 9.17) is 4.74 Å². The number of amides is 1. The third-order valence-electron chi connectivity index (χ3n) is 4.07. The highest BCUT2D eigenvalue weighted by Gasteiger charge is 2.18. The Kier molecular flexibility index (Phi) is 4.95. The molecular weight excluding hydrogens is 316 g/mol. The number of nitrogens with one attached hydrogen (secondary N) is 1. The molecule has 3 aromatic rings. The van der Waals surface area contributed by atoms with Crippen molar-refractivity contribution in [2.75, 3.05) is 18.6 Å². The number of H-pyrrole nitrogens is 1. The highest BCUT2D eigenvalue weighted by molar-refractivity contribution is 5.94. The summed E-state index contributed by atoms with van der Waals surface area (Å²) in [6.07, 6.45) is 0. The predicted molar refractivity (Wildman–Crippen MR) is 98.8 cm³/mol. The van der Waals surface area contributed by atoms with Crippen molar-refractivity contribution in [2.45, 2.75) is 13.5 Å². The lowest BCUT2D eigenvalue weighted by Crippen LogP contribution is -2.35. The molecule has 0 spiro atoms. The number of ether oxygens (including phenoxy) is 1. The van der Waals surface area contributed by atoms with E-state index in [9.17, 15) is 9.59 Å². The fraction of sp³-hybridized carbons (Fsp3) is 0.200. The Bertz CT molecular complexity index is 945. The van der Waals surface area contributed by atoms with Crippen LogP contribution in [0.3, 0.4) is 0 Å². The Morgan fingerprint density at radius 3 is 2.56 bits per heavy atom. The van der Waals surface area contributed by atoms with Gasteiger partial charge in [-0.1, -0.05) is 35.9 Å². The van der Waals surface area contributed by atoms with Gasteiger partial charge in [-0.05, 0) is 36.6 Å². The molecule has 5 heteroatoms. The molecule has 0 unspecified atom stereocenters. The molecule has 0 saturated heterocycles. The number of aromatic amines is 1. The van der Waals surface area contributed by atoms with Crippen molar-refractivity contribution < 1.29 is 9.53 Å². The van der Waals surface area contributed by atoms with Crippen molar-refractivity contribution in [3.8, 4) is 0 Å². The molecule has 1 aromatic heterocycles. The predicted octanol–water partition coefficient (Wildman–Crippen LogP) is 3.02. The van der Waals surface area contributed by atoms with Crippen LogP contribution in [0.15, 0.2) is 59.4 Å². The molecule has 1 heterocycles. The summed E-state index contributed by atoms with van der Waals surface area (Å²) in [6.45, 7) is 2.13. The molecule has 0 aliphatic carbocycles. The van der Waals surface area contributed by atoms with Crippen molar-refractivity contribution in [3.63, 3.8) is 0 Å². The number of carbonyl (C=O) groups is 1. The largest absolute Gasteiger partial charge is 0.375 e. The number of para-hydroxylation sites is 1. The van der Waals surface area contributed by atoms with E-state index in [2.05, 4.69) is 4.98 Å². The molecule has 25 heavy (non-hydrogen) atoms. The normalized spacial score (nSPS) is 10.8. The second kappa shape index (κ2) is 7.32. The Balaban J connectivity index is 2.00. The topological polar surface area (TPSA) is 62.4 Å². The van der Waals surface area contributed by atoms with Crippen molar-refractivity contribution in [2.24, 2.45) is 0 Å². The van der Waals surface area contributed by atoms with E-state index < -0.39 is 0 Å². The number of anilines is 1. The number of fused-ring (bicyclic) bond motifs is 1. The molecule has 0 atom stereocenters. The van der Waals surface area contributed by atoms with E-state index in [1.54, 1.807) is 4.90 Å². The van der Waals surface area contributed by atoms with E-state index in [0.717, 1.165) is 22.2 Å². The standard InChI is InChI=1S/C20H20N2O3/c1-14-7-9-17(10-8-14)22(19(23)13-25-2)12-16-11-15-5-3-4-6-18(15)21-20(16)24/h3-11H,12-13H2,1-2H3,(H,21,24). The van der Waals surface area contributed by atoms with E-state index in [1.807, 2.05) is 61.5 Å². The van der Waals surface area contributed by atoms with Crippen LogP contribution >= 0.6 is 0 Å². The fourth-order valence-electron chi connectivity index (χ4n) is 2.73. The monoisotopic (exact) mass is 336 g/mol. The molecule has 5 nitrogen and oxygen atoms in total. The van der Waals surface area contributed by atoms with Gasteiger partial charge in [-0.25, -0.2) is 0 Å². The third kappa shape index (κ3) is 3.78. The molecule has 128 valence electrons. The Morgan fingerprint density at radius 1 is 1.12 bits per heavy atom. The van der Waals surface area contributed by atoms with Crippen LogP contribution in [-0.2, 0) is 16.1 Å². The molecule has 3 rings (SSSR count). The molecule has 1 N–H and O–H groups in total. The lowest BCUT2D eigenvalue weighted by atomic mass is 10.1. The quantitative estimate of drug-likeness (QED) is 0.779. The van der Waals surface area contributed by atoms with Crippen molar-refractivity contribution >= 4 is 22.5 Å². The number of aryl methyl sites for hydroxylation is 1. The van der Waals surface area contributed by atoms with Gasteiger partial charge in [0.15, 0.2) is 0 Å². The Morgan fingerprint density at radius 2 is 1.84 bits per heavy atom. The lowest BCUT2D eigenvalue weighted by molar-refractivity contribution is -0.122. The molecule has 2 aromatic carbocycles. The summed E-state index contributed by atoms with van der Waals surface area (Å²) >= 11 is 0. The van der Waals surface area contributed by atoms with Crippen molar-refractivity contribution in [1.82, 2.24) is 4.98 Å². The summed E-state index contributed by atoms with van der Waals surface area (Å²) in [4.78, 5) is 29.3. The molecule has 0 bridgehead atoms. The highest BCUT2D eigenvalue weighted by Crippen LogP contribution is 2.19. The van der Waals surface area contributed by atoms with Gasteiger partial charge in [-0.15, -0.1) is 0 Å². The van der Waals surface area contributed by atoms with Gasteiger partial charge in [0.2, 0.25) is 0 Å². The smallest absolute Gasteiger partial charge is 0.253 e. The third-order valence-corrected chi connectivity index (χ3v) is 4.07. The van der Waals surface area contributed by atoms with Gasteiger partial charge in [-0.2, -0.15) is 0 Å². The first-order chi connectivity index (χ1) is 12.1. The number of aromatic nitrogens is 1. The van der Waals surface area contributed by atoms with Crippen LogP contribution in [0.5, 0.6) is 0 Å². The number of pyridine rings is 1. The molecule has 0 aliphatic heterocycles. The zero-order valence-corrected chi connectivity index (χ0v) is 14.3. The van der Waals surface area contributed by atoms with Crippen LogP contribution in [0.25, 0.3) is 10.9 Å². The molecular formula is C20H20N2O3. The zero-order chi connectivity index (χ0) is 17.8. The van der Waals surface area contributed by atoms with Gasteiger partial charge in [0.25, 0.3) is 11.5 Å². The van der Waals surface area contributed by atoms with E-state index in [1.165, 1.54) is 7.11 Å². The second-order valence-electron chi connectivity index (χ2n) is 5.96. The van der Waals surface area contributed by atoms with Crippen LogP contribution in [-0.4, -0.2) is 24.6 Å². The second-order valence-corrected chi connectivity index (χ2v) is 5.96. The first-order valence-corrected chi connectivity index (χ1v) is 8.05. The minimum atomic E-state index is -0.195. The molecule has 1 amide bonds. The maximum absolute atomic E-state index is 12.5. The SMILES string of the molecule is COCC(=O)N(Cc1cc2ccccc2[nH]c1=O)c1ccc(C)cc1.